The normalized spacial score (nSPS) is 9.94. The minimum atomic E-state index is 0.585. The lowest BCUT2D eigenvalue weighted by Gasteiger charge is -2.04. The minimum absolute atomic E-state index is 0.585. The molecule has 1 N–H and O–H groups in total. The van der Waals surface area contributed by atoms with E-state index in [1.165, 1.54) is 0 Å². The number of hydrogen-bond donors (Lipinski definition) is 1. The van der Waals surface area contributed by atoms with Gasteiger partial charge in [-0.05, 0) is 26.0 Å². The molecule has 2 rings (SSSR count). The minimum Gasteiger partial charge on any atom is -0.366 e. The molecule has 0 spiro atoms. The van der Waals surface area contributed by atoms with E-state index in [1.54, 1.807) is 18.3 Å². The molecule has 0 bridgehead atoms. The SMILES string of the molecule is Cc1noc(C)c1CNc1cc(C#N)ccn1. The van der Waals surface area contributed by atoms with Crippen LogP contribution in [0.5, 0.6) is 0 Å². The first-order chi connectivity index (χ1) is 8.20. The molecule has 0 aliphatic rings. The Hall–Kier alpha value is -2.35. The molecule has 0 aliphatic carbocycles. The molecule has 0 saturated carbocycles. The lowest BCUT2D eigenvalue weighted by atomic mass is 10.2. The zero-order valence-electron chi connectivity index (χ0n) is 9.69. The summed E-state index contributed by atoms with van der Waals surface area (Å²) in [6, 6.07) is 5.45. The molecule has 5 nitrogen and oxygen atoms in total. The average molecular weight is 228 g/mol. The number of pyridine rings is 1. The molecule has 86 valence electrons. The molecule has 0 atom stereocenters. The first-order valence-electron chi connectivity index (χ1n) is 5.22. The summed E-state index contributed by atoms with van der Waals surface area (Å²) in [4.78, 5) is 4.13. The van der Waals surface area contributed by atoms with Crippen LogP contribution in [0.1, 0.15) is 22.6 Å². The number of nitrogens with one attached hydrogen (secondary N) is 1. The Balaban J connectivity index is 2.10. The monoisotopic (exact) mass is 228 g/mol. The van der Waals surface area contributed by atoms with Gasteiger partial charge in [0.25, 0.3) is 0 Å². The van der Waals surface area contributed by atoms with E-state index in [1.807, 2.05) is 13.8 Å². The van der Waals surface area contributed by atoms with Crippen LogP contribution in [0, 0.1) is 25.2 Å². The number of rotatable bonds is 3. The number of aryl methyl sites for hydroxylation is 2. The second-order valence-corrected chi connectivity index (χ2v) is 3.70. The second-order valence-electron chi connectivity index (χ2n) is 3.70. The summed E-state index contributed by atoms with van der Waals surface area (Å²) in [5.74, 6) is 1.47. The van der Waals surface area contributed by atoms with Crippen molar-refractivity contribution in [3.8, 4) is 6.07 Å². The van der Waals surface area contributed by atoms with Crippen LogP contribution in [0.4, 0.5) is 5.82 Å². The van der Waals surface area contributed by atoms with Crippen LogP contribution in [0.25, 0.3) is 0 Å². The fraction of sp³-hybridized carbons (Fsp3) is 0.250. The van der Waals surface area contributed by atoms with Crippen molar-refractivity contribution in [3.63, 3.8) is 0 Å². The zero-order chi connectivity index (χ0) is 12.3. The van der Waals surface area contributed by atoms with Crippen LogP contribution in [0.2, 0.25) is 0 Å². The predicted octanol–water partition coefficient (Wildman–Crippen LogP) is 2.17. The number of nitrogens with zero attached hydrogens (tertiary/aromatic N) is 3. The van der Waals surface area contributed by atoms with Crippen LogP contribution in [-0.2, 0) is 6.54 Å². The van der Waals surface area contributed by atoms with Crippen molar-refractivity contribution in [2.75, 3.05) is 5.32 Å². The molecule has 17 heavy (non-hydrogen) atoms. The van der Waals surface area contributed by atoms with E-state index >= 15 is 0 Å². The van der Waals surface area contributed by atoms with Crippen LogP contribution in [0.3, 0.4) is 0 Å². The first kappa shape index (κ1) is 11.1. The van der Waals surface area contributed by atoms with Gasteiger partial charge in [0.15, 0.2) is 0 Å². The Bertz CT molecular complexity index is 549. The molecule has 0 saturated heterocycles. The molecular formula is C12H12N4O. The van der Waals surface area contributed by atoms with Crippen LogP contribution in [-0.4, -0.2) is 10.1 Å². The molecule has 2 aromatic heterocycles. The van der Waals surface area contributed by atoms with Crippen LogP contribution >= 0.6 is 0 Å². The van der Waals surface area contributed by atoms with Crippen LogP contribution in [0.15, 0.2) is 22.9 Å². The van der Waals surface area contributed by atoms with Gasteiger partial charge in [-0.2, -0.15) is 5.26 Å². The third-order valence-electron chi connectivity index (χ3n) is 2.52. The summed E-state index contributed by atoms with van der Waals surface area (Å²) >= 11 is 0. The van der Waals surface area contributed by atoms with Gasteiger partial charge in [-0.3, -0.25) is 0 Å². The van der Waals surface area contributed by atoms with Gasteiger partial charge in [-0.15, -0.1) is 0 Å². The highest BCUT2D eigenvalue weighted by Crippen LogP contribution is 2.14. The lowest BCUT2D eigenvalue weighted by Crippen LogP contribution is -2.03. The van der Waals surface area contributed by atoms with Crippen molar-refractivity contribution in [1.29, 1.82) is 5.26 Å². The molecule has 0 aliphatic heterocycles. The number of aromatic nitrogens is 2. The van der Waals surface area contributed by atoms with Crippen molar-refractivity contribution in [2.24, 2.45) is 0 Å². The fourth-order valence-electron chi connectivity index (χ4n) is 1.53. The third kappa shape index (κ3) is 2.42. The quantitative estimate of drug-likeness (QED) is 0.871. The van der Waals surface area contributed by atoms with Gasteiger partial charge in [0.05, 0.1) is 17.3 Å². The molecule has 2 heterocycles. The second kappa shape index (κ2) is 4.66. The Morgan fingerprint density at radius 2 is 2.29 bits per heavy atom. The van der Waals surface area contributed by atoms with E-state index in [4.69, 9.17) is 9.78 Å². The highest BCUT2D eigenvalue weighted by molar-refractivity contribution is 5.43. The molecule has 0 aromatic carbocycles. The van der Waals surface area contributed by atoms with Gasteiger partial charge in [0.2, 0.25) is 0 Å². The fourth-order valence-corrected chi connectivity index (χ4v) is 1.53. The molecule has 0 unspecified atom stereocenters. The number of hydrogen-bond acceptors (Lipinski definition) is 5. The Morgan fingerprint density at radius 3 is 2.94 bits per heavy atom. The van der Waals surface area contributed by atoms with Crippen molar-refractivity contribution in [3.05, 3.63) is 40.9 Å². The van der Waals surface area contributed by atoms with E-state index in [0.717, 1.165) is 17.0 Å². The Labute approximate surface area is 99.1 Å². The summed E-state index contributed by atoms with van der Waals surface area (Å²) < 4.78 is 5.07. The van der Waals surface area contributed by atoms with Crippen molar-refractivity contribution >= 4 is 5.82 Å². The predicted molar refractivity (Wildman–Crippen MR) is 62.3 cm³/mol. The van der Waals surface area contributed by atoms with E-state index < -0.39 is 0 Å². The van der Waals surface area contributed by atoms with Gasteiger partial charge in [0.1, 0.15) is 11.6 Å². The van der Waals surface area contributed by atoms with E-state index in [9.17, 15) is 0 Å². The van der Waals surface area contributed by atoms with Gasteiger partial charge >= 0.3 is 0 Å². The standard InChI is InChI=1S/C12H12N4O/c1-8-11(9(2)17-16-8)7-15-12-5-10(6-13)3-4-14-12/h3-5H,7H2,1-2H3,(H,14,15). The van der Waals surface area contributed by atoms with Crippen LogP contribution < -0.4 is 5.32 Å². The van der Waals surface area contributed by atoms with E-state index in [2.05, 4.69) is 21.5 Å². The van der Waals surface area contributed by atoms with Crippen molar-refractivity contribution in [1.82, 2.24) is 10.1 Å². The molecule has 0 radical (unpaired) electrons. The topological polar surface area (TPSA) is 74.7 Å². The number of nitriles is 1. The highest BCUT2D eigenvalue weighted by Gasteiger charge is 2.08. The van der Waals surface area contributed by atoms with Crippen molar-refractivity contribution < 1.29 is 4.52 Å². The maximum atomic E-state index is 8.77. The van der Waals surface area contributed by atoms with Crippen molar-refractivity contribution in [2.45, 2.75) is 20.4 Å². The Kier molecular flexibility index (Phi) is 3.06. The summed E-state index contributed by atoms with van der Waals surface area (Å²) in [5, 5.41) is 15.8. The summed E-state index contributed by atoms with van der Waals surface area (Å²) in [5.41, 5.74) is 2.47. The first-order valence-corrected chi connectivity index (χ1v) is 5.22. The van der Waals surface area contributed by atoms with Gasteiger partial charge in [-0.25, -0.2) is 4.98 Å². The number of anilines is 1. The zero-order valence-corrected chi connectivity index (χ0v) is 9.69. The Morgan fingerprint density at radius 1 is 1.47 bits per heavy atom. The molecule has 5 heteroatoms. The van der Waals surface area contributed by atoms with E-state index in [-0.39, 0.29) is 0 Å². The van der Waals surface area contributed by atoms with E-state index in [0.29, 0.717) is 17.9 Å². The maximum absolute atomic E-state index is 8.77. The smallest absolute Gasteiger partial charge is 0.138 e. The maximum Gasteiger partial charge on any atom is 0.138 e. The summed E-state index contributed by atoms with van der Waals surface area (Å²) in [6.07, 6.45) is 1.61. The third-order valence-corrected chi connectivity index (χ3v) is 2.52. The molecular weight excluding hydrogens is 216 g/mol. The highest BCUT2D eigenvalue weighted by atomic mass is 16.5. The molecule has 0 fully saturated rings. The average Bonchev–Trinajstić information content (AvgIpc) is 2.67. The van der Waals surface area contributed by atoms with Gasteiger partial charge < -0.3 is 9.84 Å². The summed E-state index contributed by atoms with van der Waals surface area (Å²) in [7, 11) is 0. The molecule has 2 aromatic rings. The summed E-state index contributed by atoms with van der Waals surface area (Å²) in [6.45, 7) is 4.35. The lowest BCUT2D eigenvalue weighted by molar-refractivity contribution is 0.392. The molecule has 0 amide bonds. The van der Waals surface area contributed by atoms with Gasteiger partial charge in [0, 0.05) is 18.3 Å². The largest absolute Gasteiger partial charge is 0.366 e. The van der Waals surface area contributed by atoms with Gasteiger partial charge in [-0.1, -0.05) is 5.16 Å².